The lowest BCUT2D eigenvalue weighted by Crippen LogP contribution is -2.46. The molecule has 0 radical (unpaired) electrons. The van der Waals surface area contributed by atoms with E-state index >= 15 is 0 Å². The van der Waals surface area contributed by atoms with Gasteiger partial charge in [-0.3, -0.25) is 9.69 Å². The average Bonchev–Trinajstić information content (AvgIpc) is 2.37. The Labute approximate surface area is 92.4 Å². The number of carbonyl (C=O) groups excluding carboxylic acids is 1. The molecule has 1 rings (SSSR count). The molecule has 2 unspecified atom stereocenters. The van der Waals surface area contributed by atoms with E-state index in [0.717, 1.165) is 19.6 Å². The molecular weight excluding hydrogens is 190 g/mol. The van der Waals surface area contributed by atoms with Crippen molar-refractivity contribution in [2.45, 2.75) is 39.3 Å². The van der Waals surface area contributed by atoms with E-state index in [1.54, 1.807) is 0 Å². The van der Waals surface area contributed by atoms with Crippen LogP contribution in [0, 0.1) is 0 Å². The molecule has 1 fully saturated rings. The molecule has 0 spiro atoms. The molecule has 0 aliphatic carbocycles. The van der Waals surface area contributed by atoms with E-state index in [-0.39, 0.29) is 5.91 Å². The second-order valence-corrected chi connectivity index (χ2v) is 4.35. The van der Waals surface area contributed by atoms with Gasteiger partial charge in [-0.1, -0.05) is 0 Å². The highest BCUT2D eigenvalue weighted by molar-refractivity contribution is 5.76. The Morgan fingerprint density at radius 1 is 1.60 bits per heavy atom. The molecule has 0 bridgehead atoms. The van der Waals surface area contributed by atoms with Gasteiger partial charge < -0.3 is 10.6 Å². The summed E-state index contributed by atoms with van der Waals surface area (Å²) >= 11 is 0. The maximum atomic E-state index is 11.7. The number of likely N-dealkylation sites (N-methyl/N-ethyl adjacent to an activating group) is 1. The summed E-state index contributed by atoms with van der Waals surface area (Å²) in [6.45, 7) is 9.48. The van der Waals surface area contributed by atoms with E-state index in [9.17, 15) is 4.79 Å². The zero-order chi connectivity index (χ0) is 11.4. The Morgan fingerprint density at radius 3 is 2.80 bits per heavy atom. The molecule has 1 saturated heterocycles. The summed E-state index contributed by atoms with van der Waals surface area (Å²) in [6.07, 6.45) is 0.628. The van der Waals surface area contributed by atoms with E-state index < -0.39 is 0 Å². The Morgan fingerprint density at radius 2 is 2.27 bits per heavy atom. The largest absolute Gasteiger partial charge is 0.341 e. The first-order chi connectivity index (χ1) is 7.10. The van der Waals surface area contributed by atoms with E-state index in [4.69, 9.17) is 5.73 Å². The van der Waals surface area contributed by atoms with Gasteiger partial charge in [-0.25, -0.2) is 0 Å². The average molecular weight is 213 g/mol. The summed E-state index contributed by atoms with van der Waals surface area (Å²) in [5.41, 5.74) is 5.68. The van der Waals surface area contributed by atoms with Gasteiger partial charge in [0.1, 0.15) is 0 Å². The van der Waals surface area contributed by atoms with E-state index in [1.165, 1.54) is 0 Å². The van der Waals surface area contributed by atoms with Crippen LogP contribution in [0.3, 0.4) is 0 Å². The molecule has 2 atom stereocenters. The van der Waals surface area contributed by atoms with Gasteiger partial charge in [-0.15, -0.1) is 0 Å². The number of nitrogens with two attached hydrogens (primary N) is 1. The smallest absolute Gasteiger partial charge is 0.223 e. The number of nitrogens with zero attached hydrogens (tertiary/aromatic N) is 2. The lowest BCUT2D eigenvalue weighted by Gasteiger charge is -2.32. The molecule has 0 aromatic carbocycles. The van der Waals surface area contributed by atoms with Crippen LogP contribution in [0.1, 0.15) is 27.2 Å². The summed E-state index contributed by atoms with van der Waals surface area (Å²) in [6, 6.07) is 0.777. The molecule has 1 heterocycles. The second-order valence-electron chi connectivity index (χ2n) is 4.35. The molecule has 0 saturated carbocycles. The maximum Gasteiger partial charge on any atom is 0.223 e. The number of hydrogen-bond acceptors (Lipinski definition) is 3. The van der Waals surface area contributed by atoms with Crippen LogP contribution in [-0.2, 0) is 4.79 Å². The molecule has 0 aromatic heterocycles. The number of amides is 1. The fourth-order valence-corrected chi connectivity index (χ4v) is 2.22. The van der Waals surface area contributed by atoms with Crippen molar-refractivity contribution in [3.8, 4) is 0 Å². The fraction of sp³-hybridized carbons (Fsp3) is 0.909. The first kappa shape index (κ1) is 12.5. The van der Waals surface area contributed by atoms with Crippen molar-refractivity contribution in [1.82, 2.24) is 9.80 Å². The number of rotatable bonds is 3. The van der Waals surface area contributed by atoms with Crippen LogP contribution in [0.15, 0.2) is 0 Å². The molecule has 4 nitrogen and oxygen atoms in total. The minimum absolute atomic E-state index is 0.274. The minimum atomic E-state index is 0.274. The monoisotopic (exact) mass is 213 g/mol. The van der Waals surface area contributed by atoms with Crippen molar-refractivity contribution in [2.24, 2.45) is 5.73 Å². The Balaban J connectivity index is 2.67. The van der Waals surface area contributed by atoms with Crippen molar-refractivity contribution in [1.29, 1.82) is 0 Å². The van der Waals surface area contributed by atoms with Crippen molar-refractivity contribution < 1.29 is 4.79 Å². The van der Waals surface area contributed by atoms with Gasteiger partial charge in [0.25, 0.3) is 0 Å². The van der Waals surface area contributed by atoms with Crippen LogP contribution in [0.4, 0.5) is 0 Å². The third kappa shape index (κ3) is 2.92. The standard InChI is InChI=1S/C11H23N3O/c1-4-13-8-10(3)14(9(2)7-12)6-5-11(13)15/h9-10H,4-8,12H2,1-3H3. The highest BCUT2D eigenvalue weighted by Gasteiger charge is 2.27. The normalized spacial score (nSPS) is 26.5. The first-order valence-electron chi connectivity index (χ1n) is 5.83. The van der Waals surface area contributed by atoms with E-state index in [0.29, 0.717) is 25.0 Å². The highest BCUT2D eigenvalue weighted by Crippen LogP contribution is 2.13. The van der Waals surface area contributed by atoms with Crippen LogP contribution in [-0.4, -0.2) is 54.0 Å². The predicted octanol–water partition coefficient (Wildman–Crippen LogP) is 0.276. The lowest BCUT2D eigenvalue weighted by molar-refractivity contribution is -0.130. The predicted molar refractivity (Wildman–Crippen MR) is 61.6 cm³/mol. The molecular formula is C11H23N3O. The molecule has 2 N–H and O–H groups in total. The third-order valence-corrected chi connectivity index (χ3v) is 3.28. The van der Waals surface area contributed by atoms with Crippen molar-refractivity contribution in [2.75, 3.05) is 26.2 Å². The highest BCUT2D eigenvalue weighted by atomic mass is 16.2. The van der Waals surface area contributed by atoms with E-state index in [1.807, 2.05) is 11.8 Å². The maximum absolute atomic E-state index is 11.7. The molecule has 1 aliphatic heterocycles. The van der Waals surface area contributed by atoms with Crippen molar-refractivity contribution in [3.05, 3.63) is 0 Å². The lowest BCUT2D eigenvalue weighted by atomic mass is 10.2. The molecule has 4 heteroatoms. The zero-order valence-corrected chi connectivity index (χ0v) is 10.1. The van der Waals surface area contributed by atoms with Crippen LogP contribution in [0.2, 0.25) is 0 Å². The van der Waals surface area contributed by atoms with Crippen LogP contribution >= 0.6 is 0 Å². The van der Waals surface area contributed by atoms with Crippen LogP contribution in [0.5, 0.6) is 0 Å². The summed E-state index contributed by atoms with van der Waals surface area (Å²) in [4.78, 5) is 16.0. The van der Waals surface area contributed by atoms with Gasteiger partial charge in [0.05, 0.1) is 0 Å². The molecule has 1 aliphatic rings. The van der Waals surface area contributed by atoms with Gasteiger partial charge >= 0.3 is 0 Å². The number of hydrogen-bond donors (Lipinski definition) is 1. The first-order valence-corrected chi connectivity index (χ1v) is 5.83. The van der Waals surface area contributed by atoms with Gasteiger partial charge in [0, 0.05) is 44.7 Å². The number of carbonyl (C=O) groups is 1. The Bertz CT molecular complexity index is 220. The third-order valence-electron chi connectivity index (χ3n) is 3.28. The van der Waals surface area contributed by atoms with Gasteiger partial charge in [0.15, 0.2) is 0 Å². The minimum Gasteiger partial charge on any atom is -0.341 e. The molecule has 1 amide bonds. The van der Waals surface area contributed by atoms with Crippen LogP contribution < -0.4 is 5.73 Å². The SMILES string of the molecule is CCN1CC(C)N(C(C)CN)CCC1=O. The zero-order valence-electron chi connectivity index (χ0n) is 10.1. The summed E-state index contributed by atoms with van der Waals surface area (Å²) in [5.74, 6) is 0.274. The van der Waals surface area contributed by atoms with Gasteiger partial charge in [-0.05, 0) is 20.8 Å². The Hall–Kier alpha value is -0.610. The summed E-state index contributed by atoms with van der Waals surface area (Å²) in [5, 5.41) is 0. The molecule has 0 aromatic rings. The Kier molecular flexibility index (Phi) is 4.54. The van der Waals surface area contributed by atoms with Crippen molar-refractivity contribution >= 4 is 5.91 Å². The summed E-state index contributed by atoms with van der Waals surface area (Å²) < 4.78 is 0. The van der Waals surface area contributed by atoms with Crippen molar-refractivity contribution in [3.63, 3.8) is 0 Å². The molecule has 15 heavy (non-hydrogen) atoms. The second kappa shape index (κ2) is 5.47. The molecule has 88 valence electrons. The van der Waals surface area contributed by atoms with Gasteiger partial charge in [0.2, 0.25) is 5.91 Å². The fourth-order valence-electron chi connectivity index (χ4n) is 2.22. The summed E-state index contributed by atoms with van der Waals surface area (Å²) in [7, 11) is 0. The van der Waals surface area contributed by atoms with E-state index in [2.05, 4.69) is 18.7 Å². The van der Waals surface area contributed by atoms with Crippen LogP contribution in [0.25, 0.3) is 0 Å². The van der Waals surface area contributed by atoms with Gasteiger partial charge in [-0.2, -0.15) is 0 Å². The topological polar surface area (TPSA) is 49.6 Å². The quantitative estimate of drug-likeness (QED) is 0.732.